The number of likely N-dealkylation sites (N-methyl/N-ethyl adjacent to an activating group) is 1. The Hall–Kier alpha value is -1.54. The smallest absolute Gasteiger partial charge is 0.263 e. The maximum Gasteiger partial charge on any atom is 0.263 e. The van der Waals surface area contributed by atoms with Crippen LogP contribution >= 0.6 is 36.2 Å². The van der Waals surface area contributed by atoms with Gasteiger partial charge in [0, 0.05) is 18.2 Å². The van der Waals surface area contributed by atoms with Crippen LogP contribution in [-0.2, 0) is 0 Å². The second-order valence-corrected chi connectivity index (χ2v) is 6.67. The van der Waals surface area contributed by atoms with Gasteiger partial charge in [-0.1, -0.05) is 6.92 Å². The fourth-order valence-corrected chi connectivity index (χ4v) is 3.43. The van der Waals surface area contributed by atoms with Gasteiger partial charge in [0.15, 0.2) is 11.5 Å². The van der Waals surface area contributed by atoms with Gasteiger partial charge in [0.25, 0.3) is 5.91 Å². The lowest BCUT2D eigenvalue weighted by Crippen LogP contribution is -2.38. The molecule has 0 spiro atoms. The zero-order valence-electron chi connectivity index (χ0n) is 16.1. The third kappa shape index (κ3) is 6.53. The number of hydrogen-bond donors (Lipinski definition) is 2. The number of carbonyl (C=O) groups is 1. The number of amides is 1. The first-order valence-electron chi connectivity index (χ1n) is 8.21. The molecule has 0 unspecified atom stereocenters. The molecular weight excluding hydrogens is 409 g/mol. The maximum absolute atomic E-state index is 12.4. The number of hydrogen-bond acceptors (Lipinski definition) is 6. The van der Waals surface area contributed by atoms with Crippen molar-refractivity contribution in [3.63, 3.8) is 0 Å². The van der Waals surface area contributed by atoms with Crippen LogP contribution in [0.5, 0.6) is 11.5 Å². The summed E-state index contributed by atoms with van der Waals surface area (Å²) in [5, 5.41) is 7.00. The number of ether oxygens (including phenoxy) is 2. The largest absolute Gasteiger partial charge is 0.493 e. The van der Waals surface area contributed by atoms with Gasteiger partial charge in [0.1, 0.15) is 9.88 Å². The Balaban J connectivity index is 0.00000338. The van der Waals surface area contributed by atoms with E-state index in [4.69, 9.17) is 9.47 Å². The molecule has 0 aliphatic heterocycles. The molecule has 1 heterocycles. The second-order valence-electron chi connectivity index (χ2n) is 5.67. The van der Waals surface area contributed by atoms with Gasteiger partial charge in [0.2, 0.25) is 0 Å². The highest BCUT2D eigenvalue weighted by atomic mass is 35.5. The van der Waals surface area contributed by atoms with Gasteiger partial charge < -0.3 is 20.1 Å². The summed E-state index contributed by atoms with van der Waals surface area (Å²) in [6.07, 6.45) is 0. The zero-order valence-corrected chi connectivity index (χ0v) is 18.6. The minimum atomic E-state index is -0.0912. The minimum Gasteiger partial charge on any atom is -0.493 e. The number of aryl methyl sites for hydroxylation is 1. The van der Waals surface area contributed by atoms with E-state index in [-0.39, 0.29) is 36.8 Å². The predicted molar refractivity (Wildman–Crippen MR) is 115 cm³/mol. The minimum absolute atomic E-state index is 0. The van der Waals surface area contributed by atoms with Crippen LogP contribution in [0, 0.1) is 6.92 Å². The molecule has 0 saturated carbocycles. The molecule has 1 aromatic heterocycles. The topological polar surface area (TPSA) is 72.5 Å². The number of benzene rings is 1. The number of thiazole rings is 1. The van der Waals surface area contributed by atoms with E-state index in [9.17, 15) is 4.79 Å². The molecule has 0 fully saturated rings. The standard InChI is InChI=1S/C18H25N3O3S.2ClH/c1-6-19-11(2)10-20-17(22)16-12(3)21-18(25-16)13-7-8-14(23-4)15(9-13)24-5;;/h7-9,11,19H,6,10H2,1-5H3,(H,20,22);2*1H/t11-;;/m1../s1. The van der Waals surface area contributed by atoms with Gasteiger partial charge in [-0.05, 0) is 38.6 Å². The van der Waals surface area contributed by atoms with Crippen molar-refractivity contribution in [2.75, 3.05) is 27.3 Å². The molecule has 152 valence electrons. The first kappa shape index (κ1) is 25.5. The number of carbonyl (C=O) groups excluding carboxylic acids is 1. The van der Waals surface area contributed by atoms with Gasteiger partial charge in [-0.2, -0.15) is 0 Å². The van der Waals surface area contributed by atoms with Crippen molar-refractivity contribution < 1.29 is 14.3 Å². The van der Waals surface area contributed by atoms with Crippen molar-refractivity contribution in [3.05, 3.63) is 28.8 Å². The number of nitrogens with one attached hydrogen (secondary N) is 2. The van der Waals surface area contributed by atoms with E-state index in [0.717, 1.165) is 22.8 Å². The summed E-state index contributed by atoms with van der Waals surface area (Å²) in [4.78, 5) is 17.6. The van der Waals surface area contributed by atoms with Gasteiger partial charge >= 0.3 is 0 Å². The first-order chi connectivity index (χ1) is 12.0. The van der Waals surface area contributed by atoms with Gasteiger partial charge in [0.05, 0.1) is 19.9 Å². The van der Waals surface area contributed by atoms with Crippen LogP contribution in [0.15, 0.2) is 18.2 Å². The molecule has 1 aromatic carbocycles. The molecule has 0 bridgehead atoms. The van der Waals surface area contributed by atoms with Gasteiger partial charge in [-0.3, -0.25) is 4.79 Å². The van der Waals surface area contributed by atoms with Crippen molar-refractivity contribution in [3.8, 4) is 22.1 Å². The van der Waals surface area contributed by atoms with Crippen LogP contribution in [0.3, 0.4) is 0 Å². The Bertz CT molecular complexity index is 741. The van der Waals surface area contributed by atoms with Gasteiger partial charge in [-0.25, -0.2) is 4.98 Å². The van der Waals surface area contributed by atoms with E-state index in [2.05, 4.69) is 15.6 Å². The summed E-state index contributed by atoms with van der Waals surface area (Å²) in [6, 6.07) is 5.84. The summed E-state index contributed by atoms with van der Waals surface area (Å²) >= 11 is 1.38. The van der Waals surface area contributed by atoms with Crippen molar-refractivity contribution in [1.82, 2.24) is 15.6 Å². The van der Waals surface area contributed by atoms with E-state index in [1.54, 1.807) is 14.2 Å². The monoisotopic (exact) mass is 435 g/mol. The SMILES string of the molecule is CCN[C@H](C)CNC(=O)c1sc(-c2ccc(OC)c(OC)c2)nc1C.Cl.Cl. The predicted octanol–water partition coefficient (Wildman–Crippen LogP) is 3.71. The first-order valence-corrected chi connectivity index (χ1v) is 9.03. The molecule has 6 nitrogen and oxygen atoms in total. The molecule has 0 aliphatic carbocycles. The van der Waals surface area contributed by atoms with Crippen molar-refractivity contribution >= 4 is 42.1 Å². The average Bonchev–Trinajstić information content (AvgIpc) is 3.01. The summed E-state index contributed by atoms with van der Waals surface area (Å²) in [7, 11) is 3.20. The van der Waals surface area contributed by atoms with E-state index in [1.165, 1.54) is 11.3 Å². The number of aromatic nitrogens is 1. The third-order valence-corrected chi connectivity index (χ3v) is 4.96. The van der Waals surface area contributed by atoms with E-state index in [0.29, 0.717) is 22.9 Å². The molecule has 0 saturated heterocycles. The highest BCUT2D eigenvalue weighted by Crippen LogP contribution is 2.34. The highest BCUT2D eigenvalue weighted by molar-refractivity contribution is 7.17. The molecular formula is C18H27Cl2N3O3S. The van der Waals surface area contributed by atoms with E-state index < -0.39 is 0 Å². The van der Waals surface area contributed by atoms with Crippen LogP contribution in [0.2, 0.25) is 0 Å². The van der Waals surface area contributed by atoms with E-state index in [1.807, 2.05) is 39.0 Å². The quantitative estimate of drug-likeness (QED) is 0.660. The Morgan fingerprint density at radius 3 is 2.48 bits per heavy atom. The molecule has 2 rings (SSSR count). The van der Waals surface area contributed by atoms with Crippen LogP contribution in [-0.4, -0.2) is 44.2 Å². The summed E-state index contributed by atoms with van der Waals surface area (Å²) in [5.74, 6) is 1.21. The van der Waals surface area contributed by atoms with Crippen LogP contribution < -0.4 is 20.1 Å². The molecule has 9 heteroatoms. The number of methoxy groups -OCH3 is 2. The Labute approximate surface area is 176 Å². The van der Waals surface area contributed by atoms with Crippen molar-refractivity contribution in [2.24, 2.45) is 0 Å². The van der Waals surface area contributed by atoms with E-state index >= 15 is 0 Å². The molecule has 1 amide bonds. The fourth-order valence-electron chi connectivity index (χ4n) is 2.45. The molecule has 27 heavy (non-hydrogen) atoms. The normalized spacial score (nSPS) is 11.0. The molecule has 2 N–H and O–H groups in total. The Kier molecular flexibility index (Phi) is 11.3. The highest BCUT2D eigenvalue weighted by Gasteiger charge is 2.17. The molecule has 2 aromatic rings. The lowest BCUT2D eigenvalue weighted by molar-refractivity contribution is 0.0953. The zero-order chi connectivity index (χ0) is 18.4. The number of nitrogens with zero attached hydrogens (tertiary/aromatic N) is 1. The van der Waals surface area contributed by atoms with Crippen molar-refractivity contribution in [1.29, 1.82) is 0 Å². The number of rotatable bonds is 8. The van der Waals surface area contributed by atoms with Crippen LogP contribution in [0.1, 0.15) is 29.2 Å². The fraction of sp³-hybridized carbons (Fsp3) is 0.444. The average molecular weight is 436 g/mol. The summed E-state index contributed by atoms with van der Waals surface area (Å²) < 4.78 is 10.6. The summed E-state index contributed by atoms with van der Waals surface area (Å²) in [5.41, 5.74) is 1.62. The molecule has 0 radical (unpaired) electrons. The maximum atomic E-state index is 12.4. The number of halogens is 2. The third-order valence-electron chi connectivity index (χ3n) is 3.75. The van der Waals surface area contributed by atoms with Crippen LogP contribution in [0.25, 0.3) is 10.6 Å². The lowest BCUT2D eigenvalue weighted by Gasteiger charge is -2.12. The van der Waals surface area contributed by atoms with Gasteiger partial charge in [-0.15, -0.1) is 36.2 Å². The van der Waals surface area contributed by atoms with Crippen molar-refractivity contribution in [2.45, 2.75) is 26.8 Å². The second kappa shape index (κ2) is 12.0. The Morgan fingerprint density at radius 2 is 1.89 bits per heavy atom. The van der Waals surface area contributed by atoms with Crippen LogP contribution in [0.4, 0.5) is 0 Å². The summed E-state index contributed by atoms with van der Waals surface area (Å²) in [6.45, 7) is 7.39. The lowest BCUT2D eigenvalue weighted by atomic mass is 10.2. The molecule has 1 atom stereocenters. The molecule has 0 aliphatic rings. The Morgan fingerprint density at radius 1 is 1.22 bits per heavy atom.